The number of hydrogen-bond donors (Lipinski definition) is 2. The van der Waals surface area contributed by atoms with E-state index >= 15 is 0 Å². The molecule has 0 aliphatic carbocycles. The normalized spacial score (nSPS) is 12.6. The quantitative estimate of drug-likeness (QED) is 0.802. The van der Waals surface area contributed by atoms with Gasteiger partial charge in [0.15, 0.2) is 5.69 Å². The van der Waals surface area contributed by atoms with Crippen molar-refractivity contribution in [2.45, 2.75) is 6.18 Å². The number of alkyl halides is 3. The van der Waals surface area contributed by atoms with Crippen molar-refractivity contribution in [3.63, 3.8) is 0 Å². The summed E-state index contributed by atoms with van der Waals surface area (Å²) in [6, 6.07) is 2.46. The Hall–Kier alpha value is -2.14. The van der Waals surface area contributed by atoms with E-state index in [-0.39, 0.29) is 5.52 Å². The molecule has 2 aromatic rings. The molecule has 11 heteroatoms. The average Bonchev–Trinajstić information content (AvgIpc) is 2.67. The molecule has 1 amide bonds. The molecule has 0 aliphatic heterocycles. The second-order valence-electron chi connectivity index (χ2n) is 3.72. The van der Waals surface area contributed by atoms with Crippen molar-refractivity contribution in [1.82, 2.24) is 14.3 Å². The lowest BCUT2D eigenvalue weighted by molar-refractivity contribution is -0.137. The number of rotatable bonds is 2. The van der Waals surface area contributed by atoms with Crippen LogP contribution in [0.25, 0.3) is 5.52 Å². The van der Waals surface area contributed by atoms with Gasteiger partial charge in [-0.2, -0.15) is 26.7 Å². The first-order valence-corrected chi connectivity index (χ1v) is 6.36. The summed E-state index contributed by atoms with van der Waals surface area (Å²) in [6.07, 6.45) is -3.58. The number of hydrogen-bond acceptors (Lipinski definition) is 4. The lowest BCUT2D eigenvalue weighted by Crippen LogP contribution is -2.30. The van der Waals surface area contributed by atoms with Gasteiger partial charge in [-0.05, 0) is 18.2 Å². The molecule has 0 atom stereocenters. The molecule has 0 spiro atoms. The standard InChI is InChI=1S/C9H6F3N3O4S/c10-9(11,12)5-1-2-15-6(3-5)4-7(13-15)8(16)14-20(17,18)19/h1-4H,(H,14,16)(H,17,18,19). The molecule has 20 heavy (non-hydrogen) atoms. The van der Waals surface area contributed by atoms with E-state index < -0.39 is 33.6 Å². The zero-order chi connectivity index (χ0) is 15.1. The molecular formula is C9H6F3N3O4S. The Kier molecular flexibility index (Phi) is 3.18. The Morgan fingerprint density at radius 1 is 1.35 bits per heavy atom. The van der Waals surface area contributed by atoms with Gasteiger partial charge in [0.2, 0.25) is 0 Å². The summed E-state index contributed by atoms with van der Waals surface area (Å²) in [4.78, 5) is 11.4. The molecule has 2 aromatic heterocycles. The van der Waals surface area contributed by atoms with Crippen LogP contribution in [0.15, 0.2) is 24.4 Å². The minimum absolute atomic E-state index is 0.0553. The van der Waals surface area contributed by atoms with Crippen molar-refractivity contribution in [1.29, 1.82) is 0 Å². The largest absolute Gasteiger partial charge is 0.416 e. The first-order valence-electron chi connectivity index (χ1n) is 4.92. The number of nitrogens with zero attached hydrogens (tertiary/aromatic N) is 2. The van der Waals surface area contributed by atoms with Crippen LogP contribution in [0, 0.1) is 0 Å². The summed E-state index contributed by atoms with van der Waals surface area (Å²) in [5.74, 6) is -1.26. The number of carbonyl (C=O) groups excluding carboxylic acids is 1. The van der Waals surface area contributed by atoms with Gasteiger partial charge in [0.25, 0.3) is 5.91 Å². The Balaban J connectivity index is 2.42. The SMILES string of the molecule is O=C(NS(=O)(=O)O)c1cc2cc(C(F)(F)F)ccn2n1. The van der Waals surface area contributed by atoms with E-state index in [9.17, 15) is 26.4 Å². The third kappa shape index (κ3) is 3.05. The lowest BCUT2D eigenvalue weighted by Gasteiger charge is -2.05. The first kappa shape index (κ1) is 14.3. The molecule has 2 rings (SSSR count). The summed E-state index contributed by atoms with van der Waals surface area (Å²) in [5, 5.41) is 3.58. The first-order chi connectivity index (χ1) is 9.06. The van der Waals surface area contributed by atoms with E-state index in [1.165, 1.54) is 4.72 Å². The van der Waals surface area contributed by atoms with E-state index in [0.717, 1.165) is 28.9 Å². The van der Waals surface area contributed by atoms with Crippen LogP contribution >= 0.6 is 0 Å². The maximum atomic E-state index is 12.5. The van der Waals surface area contributed by atoms with Gasteiger partial charge in [-0.25, -0.2) is 9.24 Å². The summed E-state index contributed by atoms with van der Waals surface area (Å²) < 4.78 is 69.0. The van der Waals surface area contributed by atoms with Crippen LogP contribution in [-0.2, 0) is 16.5 Å². The van der Waals surface area contributed by atoms with Crippen LogP contribution in [0.3, 0.4) is 0 Å². The van der Waals surface area contributed by atoms with Gasteiger partial charge in [-0.1, -0.05) is 0 Å². The number of amides is 1. The highest BCUT2D eigenvalue weighted by atomic mass is 32.2. The van der Waals surface area contributed by atoms with Crippen LogP contribution < -0.4 is 4.72 Å². The van der Waals surface area contributed by atoms with Crippen LogP contribution in [0.5, 0.6) is 0 Å². The third-order valence-corrected chi connectivity index (χ3v) is 2.69. The number of carbonyl (C=O) groups is 1. The maximum absolute atomic E-state index is 12.5. The summed E-state index contributed by atoms with van der Waals surface area (Å²) >= 11 is 0. The van der Waals surface area contributed by atoms with Gasteiger partial charge < -0.3 is 0 Å². The van der Waals surface area contributed by atoms with Crippen molar-refractivity contribution in [2.24, 2.45) is 0 Å². The Labute approximate surface area is 109 Å². The molecule has 0 fully saturated rings. The molecule has 0 aromatic carbocycles. The number of aromatic nitrogens is 2. The highest BCUT2D eigenvalue weighted by molar-refractivity contribution is 7.84. The molecular weight excluding hydrogens is 303 g/mol. The topological polar surface area (TPSA) is 101 Å². The molecule has 0 radical (unpaired) electrons. The van der Waals surface area contributed by atoms with Gasteiger partial charge in [0.1, 0.15) is 0 Å². The fourth-order valence-electron chi connectivity index (χ4n) is 1.45. The Bertz CT molecular complexity index is 781. The third-order valence-electron chi connectivity index (χ3n) is 2.24. The average molecular weight is 309 g/mol. The van der Waals surface area contributed by atoms with Gasteiger partial charge in [-0.15, -0.1) is 0 Å². The highest BCUT2D eigenvalue weighted by Crippen LogP contribution is 2.29. The summed E-state index contributed by atoms with van der Waals surface area (Å²) in [7, 11) is -4.77. The molecule has 0 aliphatic rings. The van der Waals surface area contributed by atoms with E-state index in [1.54, 1.807) is 0 Å². The Morgan fingerprint density at radius 3 is 2.55 bits per heavy atom. The molecule has 7 nitrogen and oxygen atoms in total. The fraction of sp³-hybridized carbons (Fsp3) is 0.111. The van der Waals surface area contributed by atoms with E-state index in [4.69, 9.17) is 4.55 Å². The van der Waals surface area contributed by atoms with Crippen LogP contribution in [0.1, 0.15) is 16.1 Å². The predicted molar refractivity (Wildman–Crippen MR) is 59.2 cm³/mol. The number of halogens is 3. The molecule has 0 saturated heterocycles. The van der Waals surface area contributed by atoms with Crippen LogP contribution in [-0.4, -0.2) is 28.5 Å². The van der Waals surface area contributed by atoms with Crippen molar-refractivity contribution in [3.8, 4) is 0 Å². The van der Waals surface area contributed by atoms with Crippen molar-refractivity contribution in [2.75, 3.05) is 0 Å². The molecule has 2 N–H and O–H groups in total. The zero-order valence-electron chi connectivity index (χ0n) is 9.42. The number of fused-ring (bicyclic) bond motifs is 1. The van der Waals surface area contributed by atoms with E-state index in [1.807, 2.05) is 0 Å². The highest BCUT2D eigenvalue weighted by Gasteiger charge is 2.30. The Morgan fingerprint density at radius 2 is 2.00 bits per heavy atom. The molecule has 0 saturated carbocycles. The predicted octanol–water partition coefficient (Wildman–Crippen LogP) is 0.886. The summed E-state index contributed by atoms with van der Waals surface area (Å²) in [6.45, 7) is 0. The zero-order valence-corrected chi connectivity index (χ0v) is 10.2. The van der Waals surface area contributed by atoms with Gasteiger partial charge in [0.05, 0.1) is 11.1 Å². The smallest absolute Gasteiger partial charge is 0.269 e. The second-order valence-corrected chi connectivity index (χ2v) is 4.87. The van der Waals surface area contributed by atoms with E-state index in [2.05, 4.69) is 5.10 Å². The monoisotopic (exact) mass is 309 g/mol. The number of nitrogens with one attached hydrogen (secondary N) is 1. The van der Waals surface area contributed by atoms with Gasteiger partial charge >= 0.3 is 16.5 Å². The lowest BCUT2D eigenvalue weighted by atomic mass is 10.2. The maximum Gasteiger partial charge on any atom is 0.416 e. The molecule has 108 valence electrons. The summed E-state index contributed by atoms with van der Waals surface area (Å²) in [5.41, 5.74) is -1.45. The van der Waals surface area contributed by atoms with Crippen molar-refractivity contribution in [3.05, 3.63) is 35.7 Å². The molecule has 0 bridgehead atoms. The molecule has 2 heterocycles. The van der Waals surface area contributed by atoms with Crippen LogP contribution in [0.2, 0.25) is 0 Å². The van der Waals surface area contributed by atoms with Gasteiger partial charge in [0, 0.05) is 6.20 Å². The second kappa shape index (κ2) is 4.45. The fourth-order valence-corrected chi connectivity index (χ4v) is 1.79. The number of pyridine rings is 1. The molecule has 0 unspecified atom stereocenters. The van der Waals surface area contributed by atoms with E-state index in [0.29, 0.717) is 0 Å². The van der Waals surface area contributed by atoms with Crippen LogP contribution in [0.4, 0.5) is 13.2 Å². The van der Waals surface area contributed by atoms with Crippen molar-refractivity contribution < 1.29 is 30.9 Å². The minimum Gasteiger partial charge on any atom is -0.269 e. The van der Waals surface area contributed by atoms with Gasteiger partial charge in [-0.3, -0.25) is 9.35 Å². The van der Waals surface area contributed by atoms with Crippen molar-refractivity contribution >= 4 is 21.7 Å². The minimum atomic E-state index is -4.77.